The highest BCUT2D eigenvalue weighted by atomic mass is 79.9. The summed E-state index contributed by atoms with van der Waals surface area (Å²) in [7, 11) is -3.80. The molecule has 1 atom stereocenters. The topological polar surface area (TPSA) is 107 Å². The minimum atomic E-state index is -3.80. The molecule has 0 spiro atoms. The Bertz CT molecular complexity index is 1130. The summed E-state index contributed by atoms with van der Waals surface area (Å²) in [5.41, 5.74) is 2.02. The number of hydrogen-bond acceptors (Lipinski definition) is 5. The number of aromatic nitrogens is 2. The summed E-state index contributed by atoms with van der Waals surface area (Å²) in [6, 6.07) is 11.9. The van der Waals surface area contributed by atoms with Gasteiger partial charge in [0.05, 0.1) is 21.2 Å². The summed E-state index contributed by atoms with van der Waals surface area (Å²) >= 11 is 4.68. The molecule has 0 aliphatic carbocycles. The molecular formula is C18H19BrN4O3S2. The highest BCUT2D eigenvalue weighted by Gasteiger charge is 2.20. The van der Waals surface area contributed by atoms with Crippen LogP contribution in [0.25, 0.3) is 11.0 Å². The predicted molar refractivity (Wildman–Crippen MR) is 115 cm³/mol. The van der Waals surface area contributed by atoms with E-state index >= 15 is 0 Å². The fourth-order valence-corrected chi connectivity index (χ4v) is 4.43. The minimum absolute atomic E-state index is 0.0123. The van der Waals surface area contributed by atoms with Gasteiger partial charge in [-0.15, -0.1) is 0 Å². The molecule has 0 saturated carbocycles. The molecule has 0 aliphatic rings. The highest BCUT2D eigenvalue weighted by molar-refractivity contribution is 9.10. The maximum atomic E-state index is 12.5. The first-order valence-electron chi connectivity index (χ1n) is 8.45. The van der Waals surface area contributed by atoms with Crippen LogP contribution in [-0.4, -0.2) is 29.1 Å². The maximum Gasteiger partial charge on any atom is 0.238 e. The molecule has 0 fully saturated rings. The number of amides is 1. The molecule has 0 aliphatic heterocycles. The number of aryl methyl sites for hydroxylation is 1. The van der Waals surface area contributed by atoms with Crippen LogP contribution < -0.4 is 10.5 Å². The first-order chi connectivity index (χ1) is 13.2. The molecule has 3 rings (SSSR count). The zero-order valence-electron chi connectivity index (χ0n) is 15.2. The van der Waals surface area contributed by atoms with Crippen LogP contribution in [0.2, 0.25) is 0 Å². The number of hydrogen-bond donors (Lipinski definition) is 2. The lowest BCUT2D eigenvalue weighted by Crippen LogP contribution is -2.22. The molecule has 3 N–H and O–H groups in total. The largest absolute Gasteiger partial charge is 0.325 e. The number of imidazole rings is 1. The van der Waals surface area contributed by atoms with E-state index in [-0.39, 0.29) is 10.8 Å². The Labute approximate surface area is 175 Å². The van der Waals surface area contributed by atoms with Crippen molar-refractivity contribution in [2.24, 2.45) is 5.14 Å². The number of sulfonamides is 1. The third-order valence-corrected chi connectivity index (χ3v) is 6.62. The van der Waals surface area contributed by atoms with Crippen molar-refractivity contribution in [3.63, 3.8) is 0 Å². The monoisotopic (exact) mass is 482 g/mol. The first kappa shape index (κ1) is 20.8. The number of nitrogens with one attached hydrogen (secondary N) is 1. The van der Waals surface area contributed by atoms with Gasteiger partial charge in [-0.2, -0.15) is 0 Å². The Hall–Kier alpha value is -1.88. The fourth-order valence-electron chi connectivity index (χ4n) is 2.65. The first-order valence-corrected chi connectivity index (χ1v) is 11.7. The molecule has 0 radical (unpaired) electrons. The van der Waals surface area contributed by atoms with Gasteiger partial charge in [-0.25, -0.2) is 18.5 Å². The molecule has 0 unspecified atom stereocenters. The van der Waals surface area contributed by atoms with Crippen molar-refractivity contribution in [3.05, 3.63) is 46.9 Å². The average molecular weight is 483 g/mol. The number of fused-ring (bicyclic) bond motifs is 1. The van der Waals surface area contributed by atoms with Crippen LogP contribution in [0.15, 0.2) is 57.0 Å². The molecule has 7 nitrogen and oxygen atoms in total. The number of anilines is 1. The van der Waals surface area contributed by atoms with Crippen molar-refractivity contribution in [1.29, 1.82) is 0 Å². The maximum absolute atomic E-state index is 12.5. The van der Waals surface area contributed by atoms with E-state index in [1.54, 1.807) is 13.0 Å². The summed E-state index contributed by atoms with van der Waals surface area (Å²) in [6.45, 7) is 4.40. The summed E-state index contributed by atoms with van der Waals surface area (Å²) in [6.07, 6.45) is 0. The molecule has 0 bridgehead atoms. The summed E-state index contributed by atoms with van der Waals surface area (Å²) < 4.78 is 26.0. The van der Waals surface area contributed by atoms with Crippen LogP contribution in [0.3, 0.4) is 0 Å². The third kappa shape index (κ3) is 4.57. The second kappa shape index (κ2) is 8.24. The zero-order valence-corrected chi connectivity index (χ0v) is 18.4. The Morgan fingerprint density at radius 2 is 1.96 bits per heavy atom. The van der Waals surface area contributed by atoms with E-state index in [1.165, 1.54) is 23.9 Å². The standard InChI is InChI=1S/C18H19BrN4O3S2/c1-3-23-16-9-8-14(28(20,25)26)10-15(16)22-18(23)27-11(2)17(24)21-13-6-4-12(19)5-7-13/h4-11H,3H2,1-2H3,(H,21,24)(H2,20,25,26)/t11-/m1/s1. The number of thioether (sulfide) groups is 1. The summed E-state index contributed by atoms with van der Waals surface area (Å²) in [5.74, 6) is -0.146. The van der Waals surface area contributed by atoms with Gasteiger partial charge in [0.2, 0.25) is 15.9 Å². The van der Waals surface area contributed by atoms with Gasteiger partial charge in [-0.3, -0.25) is 4.79 Å². The van der Waals surface area contributed by atoms with Gasteiger partial charge in [0, 0.05) is 16.7 Å². The van der Waals surface area contributed by atoms with E-state index < -0.39 is 15.3 Å². The average Bonchev–Trinajstić information content (AvgIpc) is 2.98. The fraction of sp³-hybridized carbons (Fsp3) is 0.222. The van der Waals surface area contributed by atoms with Gasteiger partial charge in [0.15, 0.2) is 5.16 Å². The molecule has 3 aromatic rings. The van der Waals surface area contributed by atoms with Crippen molar-refractivity contribution in [2.45, 2.75) is 35.7 Å². The number of carbonyl (C=O) groups is 1. The van der Waals surface area contributed by atoms with Gasteiger partial charge >= 0.3 is 0 Å². The quantitative estimate of drug-likeness (QED) is 0.522. The van der Waals surface area contributed by atoms with Gasteiger partial charge in [0.1, 0.15) is 0 Å². The van der Waals surface area contributed by atoms with Crippen molar-refractivity contribution >= 4 is 60.3 Å². The van der Waals surface area contributed by atoms with E-state index in [0.29, 0.717) is 22.9 Å². The van der Waals surface area contributed by atoms with E-state index in [1.807, 2.05) is 35.8 Å². The van der Waals surface area contributed by atoms with Crippen LogP contribution in [0, 0.1) is 0 Å². The second-order valence-corrected chi connectivity index (χ2v) is 9.88. The Kier molecular flexibility index (Phi) is 6.13. The summed E-state index contributed by atoms with van der Waals surface area (Å²) in [5, 5.41) is 8.32. The van der Waals surface area contributed by atoms with Crippen LogP contribution >= 0.6 is 27.7 Å². The lowest BCUT2D eigenvalue weighted by Gasteiger charge is -2.12. The van der Waals surface area contributed by atoms with Gasteiger partial charge in [-0.1, -0.05) is 27.7 Å². The molecule has 1 aromatic heterocycles. The minimum Gasteiger partial charge on any atom is -0.325 e. The van der Waals surface area contributed by atoms with E-state index in [4.69, 9.17) is 5.14 Å². The van der Waals surface area contributed by atoms with Gasteiger partial charge in [-0.05, 0) is 56.3 Å². The molecule has 0 saturated heterocycles. The number of rotatable bonds is 6. The van der Waals surface area contributed by atoms with Crippen molar-refractivity contribution in [2.75, 3.05) is 5.32 Å². The second-order valence-electron chi connectivity index (χ2n) is 6.09. The lowest BCUT2D eigenvalue weighted by molar-refractivity contribution is -0.115. The van der Waals surface area contributed by atoms with Crippen LogP contribution in [0.5, 0.6) is 0 Å². The molecule has 1 amide bonds. The smallest absolute Gasteiger partial charge is 0.238 e. The molecule has 1 heterocycles. The Balaban J connectivity index is 1.84. The van der Waals surface area contributed by atoms with E-state index in [9.17, 15) is 13.2 Å². The highest BCUT2D eigenvalue weighted by Crippen LogP contribution is 2.29. The SMILES string of the molecule is CCn1c(S[C@H](C)C(=O)Nc2ccc(Br)cc2)nc2cc(S(N)(=O)=O)ccc21. The number of nitrogens with zero attached hydrogens (tertiary/aromatic N) is 2. The Morgan fingerprint density at radius 1 is 1.29 bits per heavy atom. The van der Waals surface area contributed by atoms with Crippen molar-refractivity contribution < 1.29 is 13.2 Å². The number of halogens is 1. The van der Waals surface area contributed by atoms with Gasteiger partial charge in [0.25, 0.3) is 0 Å². The number of primary sulfonamides is 1. The van der Waals surface area contributed by atoms with Crippen LogP contribution in [-0.2, 0) is 21.4 Å². The van der Waals surface area contributed by atoms with E-state index in [2.05, 4.69) is 26.2 Å². The van der Waals surface area contributed by atoms with Crippen LogP contribution in [0.4, 0.5) is 5.69 Å². The number of carbonyl (C=O) groups excluding carboxylic acids is 1. The predicted octanol–water partition coefficient (Wildman–Crippen LogP) is 3.59. The number of nitrogens with two attached hydrogens (primary N) is 1. The molecular weight excluding hydrogens is 464 g/mol. The van der Waals surface area contributed by atoms with Gasteiger partial charge < -0.3 is 9.88 Å². The van der Waals surface area contributed by atoms with E-state index in [0.717, 1.165) is 9.99 Å². The Morgan fingerprint density at radius 3 is 2.57 bits per heavy atom. The molecule has 148 valence electrons. The summed E-state index contributed by atoms with van der Waals surface area (Å²) in [4.78, 5) is 17.1. The van der Waals surface area contributed by atoms with Crippen molar-refractivity contribution in [3.8, 4) is 0 Å². The van der Waals surface area contributed by atoms with Crippen LogP contribution in [0.1, 0.15) is 13.8 Å². The number of benzene rings is 2. The van der Waals surface area contributed by atoms with Crippen molar-refractivity contribution in [1.82, 2.24) is 9.55 Å². The normalized spacial score (nSPS) is 12.9. The molecule has 2 aromatic carbocycles. The molecule has 10 heteroatoms. The lowest BCUT2D eigenvalue weighted by atomic mass is 10.3. The third-order valence-electron chi connectivity index (χ3n) is 4.09. The zero-order chi connectivity index (χ0) is 20.5. The molecule has 28 heavy (non-hydrogen) atoms.